The van der Waals surface area contributed by atoms with E-state index in [-0.39, 0.29) is 18.2 Å². The molecule has 0 atom stereocenters. The van der Waals surface area contributed by atoms with Crippen LogP contribution >= 0.6 is 11.6 Å². The molecule has 1 amide bonds. The molecule has 0 aliphatic carbocycles. The highest BCUT2D eigenvalue weighted by molar-refractivity contribution is 6.33. The maximum Gasteiger partial charge on any atom is 0.274 e. The lowest BCUT2D eigenvalue weighted by molar-refractivity contribution is 0.0748. The van der Waals surface area contributed by atoms with E-state index in [1.165, 1.54) is 0 Å². The summed E-state index contributed by atoms with van der Waals surface area (Å²) in [5.41, 5.74) is 0.257. The van der Waals surface area contributed by atoms with Gasteiger partial charge in [0, 0.05) is 26.2 Å². The van der Waals surface area contributed by atoms with Crippen LogP contribution in [0.3, 0.4) is 0 Å². The number of nitrogens with one attached hydrogen (secondary N) is 1. The first-order valence-electron chi connectivity index (χ1n) is 6.94. The number of rotatable bonds is 8. The van der Waals surface area contributed by atoms with Gasteiger partial charge in [-0.3, -0.25) is 4.79 Å². The van der Waals surface area contributed by atoms with E-state index >= 15 is 0 Å². The highest BCUT2D eigenvalue weighted by Gasteiger charge is 2.19. The summed E-state index contributed by atoms with van der Waals surface area (Å²) in [6.45, 7) is 5.86. The summed E-state index contributed by atoms with van der Waals surface area (Å²) in [5.74, 6) is 0.448. The van der Waals surface area contributed by atoms with Crippen LogP contribution in [0.5, 0.6) is 0 Å². The minimum Gasteiger partial charge on any atom is -0.396 e. The second-order valence-electron chi connectivity index (χ2n) is 4.42. The van der Waals surface area contributed by atoms with E-state index in [9.17, 15) is 4.79 Å². The number of carbonyl (C=O) groups is 1. The predicted molar refractivity (Wildman–Crippen MR) is 81.3 cm³/mol. The summed E-state index contributed by atoms with van der Waals surface area (Å²) in [7, 11) is 0. The second kappa shape index (κ2) is 8.76. The third kappa shape index (κ3) is 4.65. The third-order valence-corrected chi connectivity index (χ3v) is 3.16. The number of amides is 1. The number of carbonyl (C=O) groups excluding carboxylic acids is 1. The Kier molecular flexibility index (Phi) is 7.33. The summed E-state index contributed by atoms with van der Waals surface area (Å²) in [6, 6.07) is 3.44. The Bertz CT molecular complexity index is 440. The molecule has 0 aliphatic rings. The topological polar surface area (TPSA) is 65.5 Å². The van der Waals surface area contributed by atoms with Gasteiger partial charge in [0.2, 0.25) is 0 Å². The molecule has 5 nitrogen and oxygen atoms in total. The van der Waals surface area contributed by atoms with E-state index in [1.54, 1.807) is 17.0 Å². The average molecular weight is 300 g/mol. The van der Waals surface area contributed by atoms with Gasteiger partial charge in [-0.2, -0.15) is 0 Å². The zero-order valence-corrected chi connectivity index (χ0v) is 12.8. The van der Waals surface area contributed by atoms with Gasteiger partial charge in [0.1, 0.15) is 11.5 Å². The first-order chi connectivity index (χ1) is 9.63. The van der Waals surface area contributed by atoms with Crippen molar-refractivity contribution < 1.29 is 9.90 Å². The summed E-state index contributed by atoms with van der Waals surface area (Å²) in [6.07, 6.45) is 1.52. The first-order valence-corrected chi connectivity index (χ1v) is 7.32. The van der Waals surface area contributed by atoms with E-state index in [4.69, 9.17) is 16.7 Å². The highest BCUT2D eigenvalue weighted by atomic mass is 35.5. The Labute approximate surface area is 125 Å². The molecular weight excluding hydrogens is 278 g/mol. The molecule has 1 rings (SSSR count). The molecule has 0 spiro atoms. The van der Waals surface area contributed by atoms with Crippen LogP contribution in [0.1, 0.15) is 37.2 Å². The number of halogens is 1. The summed E-state index contributed by atoms with van der Waals surface area (Å²) in [4.78, 5) is 18.3. The van der Waals surface area contributed by atoms with Crippen LogP contribution in [0.2, 0.25) is 5.02 Å². The zero-order chi connectivity index (χ0) is 15.0. The molecule has 0 aliphatic heterocycles. The van der Waals surface area contributed by atoms with Crippen LogP contribution in [-0.4, -0.2) is 47.1 Å². The van der Waals surface area contributed by atoms with Crippen molar-refractivity contribution in [2.75, 3.05) is 31.6 Å². The van der Waals surface area contributed by atoms with Crippen molar-refractivity contribution in [1.29, 1.82) is 0 Å². The molecule has 112 valence electrons. The molecule has 0 bridgehead atoms. The van der Waals surface area contributed by atoms with Gasteiger partial charge in [-0.05, 0) is 31.9 Å². The Hall–Kier alpha value is -1.33. The number of pyridine rings is 1. The molecule has 1 aromatic heterocycles. The van der Waals surface area contributed by atoms with E-state index in [0.717, 1.165) is 13.0 Å². The molecule has 0 saturated heterocycles. The predicted octanol–water partition coefficient (Wildman–Crippen LogP) is 2.40. The van der Waals surface area contributed by atoms with Crippen molar-refractivity contribution in [2.45, 2.75) is 26.7 Å². The quantitative estimate of drug-likeness (QED) is 0.773. The maximum absolute atomic E-state index is 12.4. The second-order valence-corrected chi connectivity index (χ2v) is 4.82. The fourth-order valence-electron chi connectivity index (χ4n) is 1.76. The van der Waals surface area contributed by atoms with Crippen molar-refractivity contribution in [1.82, 2.24) is 9.88 Å². The maximum atomic E-state index is 12.4. The molecule has 0 radical (unpaired) electrons. The van der Waals surface area contributed by atoms with E-state index < -0.39 is 0 Å². The molecule has 0 aromatic carbocycles. The minimum absolute atomic E-state index is 0.0586. The monoisotopic (exact) mass is 299 g/mol. The zero-order valence-electron chi connectivity index (χ0n) is 12.0. The van der Waals surface area contributed by atoms with Gasteiger partial charge in [-0.15, -0.1) is 0 Å². The van der Waals surface area contributed by atoms with Crippen molar-refractivity contribution in [3.8, 4) is 0 Å². The largest absolute Gasteiger partial charge is 0.396 e. The average Bonchev–Trinajstić information content (AvgIpc) is 2.47. The van der Waals surface area contributed by atoms with Crippen molar-refractivity contribution >= 4 is 23.3 Å². The molecule has 1 heterocycles. The van der Waals surface area contributed by atoms with Crippen LogP contribution in [0.4, 0.5) is 5.82 Å². The summed E-state index contributed by atoms with van der Waals surface area (Å²) >= 11 is 6.07. The molecule has 2 N–H and O–H groups in total. The number of aliphatic hydroxyl groups excluding tert-OH is 1. The summed E-state index contributed by atoms with van der Waals surface area (Å²) < 4.78 is 0. The molecule has 0 fully saturated rings. The number of aliphatic hydroxyl groups is 1. The van der Waals surface area contributed by atoms with Crippen molar-refractivity contribution in [3.63, 3.8) is 0 Å². The lowest BCUT2D eigenvalue weighted by Crippen LogP contribution is -2.33. The van der Waals surface area contributed by atoms with Crippen LogP contribution in [-0.2, 0) is 0 Å². The number of anilines is 1. The van der Waals surface area contributed by atoms with E-state index in [2.05, 4.69) is 17.2 Å². The normalized spacial score (nSPS) is 10.4. The van der Waals surface area contributed by atoms with Gasteiger partial charge in [-0.25, -0.2) is 4.98 Å². The van der Waals surface area contributed by atoms with Crippen LogP contribution < -0.4 is 5.32 Å². The van der Waals surface area contributed by atoms with Crippen molar-refractivity contribution in [3.05, 3.63) is 22.8 Å². The third-order valence-electron chi connectivity index (χ3n) is 2.86. The summed E-state index contributed by atoms with van der Waals surface area (Å²) in [5, 5.41) is 12.4. The standard InChI is InChI=1S/C14H22ClN3O2/c1-3-8-16-12-7-6-11(15)13(17-12)14(20)18(4-2)9-5-10-19/h6-7,19H,3-5,8-10H2,1-2H3,(H,16,17). The number of aromatic nitrogens is 1. The first kappa shape index (κ1) is 16.7. The molecule has 0 unspecified atom stereocenters. The van der Waals surface area contributed by atoms with Crippen molar-refractivity contribution in [2.24, 2.45) is 0 Å². The van der Waals surface area contributed by atoms with E-state index in [1.807, 2.05) is 6.92 Å². The van der Waals surface area contributed by atoms with Crippen LogP contribution in [0, 0.1) is 0 Å². The highest BCUT2D eigenvalue weighted by Crippen LogP contribution is 2.18. The Balaban J connectivity index is 2.89. The molecule has 1 aromatic rings. The Morgan fingerprint density at radius 2 is 2.20 bits per heavy atom. The minimum atomic E-state index is -0.203. The van der Waals surface area contributed by atoms with Crippen LogP contribution in [0.25, 0.3) is 0 Å². The Morgan fingerprint density at radius 1 is 1.45 bits per heavy atom. The van der Waals surface area contributed by atoms with Gasteiger partial charge in [0.15, 0.2) is 0 Å². The SMILES string of the molecule is CCCNc1ccc(Cl)c(C(=O)N(CC)CCCO)n1. The molecule has 20 heavy (non-hydrogen) atoms. The molecule has 6 heteroatoms. The molecule has 0 saturated carbocycles. The van der Waals surface area contributed by atoms with Gasteiger partial charge >= 0.3 is 0 Å². The lowest BCUT2D eigenvalue weighted by atomic mass is 10.2. The number of nitrogens with zero attached hydrogens (tertiary/aromatic N) is 2. The van der Waals surface area contributed by atoms with Gasteiger partial charge in [0.25, 0.3) is 5.91 Å². The smallest absolute Gasteiger partial charge is 0.274 e. The van der Waals surface area contributed by atoms with E-state index in [0.29, 0.717) is 30.4 Å². The van der Waals surface area contributed by atoms with Gasteiger partial charge < -0.3 is 15.3 Å². The van der Waals surface area contributed by atoms with Gasteiger partial charge in [0.05, 0.1) is 5.02 Å². The fourth-order valence-corrected chi connectivity index (χ4v) is 1.94. The number of hydrogen-bond donors (Lipinski definition) is 2. The molecular formula is C14H22ClN3O2. The van der Waals surface area contributed by atoms with Gasteiger partial charge in [-0.1, -0.05) is 18.5 Å². The Morgan fingerprint density at radius 3 is 2.80 bits per heavy atom. The number of hydrogen-bond acceptors (Lipinski definition) is 4. The lowest BCUT2D eigenvalue weighted by Gasteiger charge is -2.20. The fraction of sp³-hybridized carbons (Fsp3) is 0.571. The van der Waals surface area contributed by atoms with Crippen LogP contribution in [0.15, 0.2) is 12.1 Å².